The topological polar surface area (TPSA) is 3.24 Å². The van der Waals surface area contributed by atoms with E-state index in [1.54, 1.807) is 0 Å². The molecule has 0 radical (unpaired) electrons. The minimum absolute atomic E-state index is 0.699. The fourth-order valence-electron chi connectivity index (χ4n) is 0.365. The third-order valence-corrected chi connectivity index (χ3v) is 1.38. The Hall–Kier alpha value is -0.0400. The van der Waals surface area contributed by atoms with E-state index < -0.39 is 0 Å². The highest BCUT2D eigenvalue weighted by atomic mass is 15.1. The fraction of sp³-hybridized carbons (Fsp3) is 1.00. The van der Waals surface area contributed by atoms with Gasteiger partial charge in [-0.2, -0.15) is 0 Å². The highest BCUT2D eigenvalue weighted by Gasteiger charge is 1.95. The summed E-state index contributed by atoms with van der Waals surface area (Å²) in [5.74, 6) is 0. The first-order chi connectivity index (χ1) is 3.18. The molecule has 0 saturated carbocycles. The molecular weight excluding hydrogens is 86.1 g/mol. The molecule has 0 saturated heterocycles. The average Bonchev–Trinajstić information content (AvgIpc) is 1.65. The molecule has 1 heteroatoms. The number of nitrogens with zero attached hydrogens (tertiary/aromatic N) is 1. The van der Waals surface area contributed by atoms with Crippen LogP contribution in [0.3, 0.4) is 0 Å². The minimum Gasteiger partial charge on any atom is -0.304 e. The van der Waals surface area contributed by atoms with Gasteiger partial charge in [0.2, 0.25) is 0 Å². The zero-order valence-corrected chi connectivity index (χ0v) is 5.73. The van der Waals surface area contributed by atoms with Gasteiger partial charge in [-0.25, -0.2) is 0 Å². The van der Waals surface area contributed by atoms with Gasteiger partial charge in [0.05, 0.1) is 0 Å². The van der Waals surface area contributed by atoms with Gasteiger partial charge in [0.15, 0.2) is 0 Å². The van der Waals surface area contributed by atoms with E-state index in [1.807, 2.05) is 0 Å². The lowest BCUT2D eigenvalue weighted by atomic mass is 10.3. The lowest BCUT2D eigenvalue weighted by Crippen LogP contribution is -2.25. The molecule has 1 nitrogen and oxygen atoms in total. The van der Waals surface area contributed by atoms with Crippen LogP contribution in [0.15, 0.2) is 0 Å². The van der Waals surface area contributed by atoms with Crippen LogP contribution >= 0.6 is 0 Å². The van der Waals surface area contributed by atoms with Crippen molar-refractivity contribution in [1.29, 1.82) is 0 Å². The summed E-state index contributed by atoms with van der Waals surface area (Å²) < 4.78 is 0. The molecule has 0 spiro atoms. The first-order valence-corrected chi connectivity index (χ1v) is 2.88. The molecule has 0 rings (SSSR count). The molecule has 0 aromatic rings. The highest BCUT2D eigenvalue weighted by molar-refractivity contribution is 4.51. The molecule has 0 N–H and O–H groups in total. The maximum Gasteiger partial charge on any atom is 0.00354 e. The van der Waals surface area contributed by atoms with E-state index in [2.05, 4.69) is 32.7 Å². The molecule has 0 amide bonds. The molecule has 0 aromatic heterocycles. The van der Waals surface area contributed by atoms with Gasteiger partial charge in [-0.15, -0.1) is 0 Å². The van der Waals surface area contributed by atoms with Crippen molar-refractivity contribution >= 4 is 0 Å². The van der Waals surface area contributed by atoms with Crippen molar-refractivity contribution in [1.82, 2.24) is 4.90 Å². The van der Waals surface area contributed by atoms with Crippen LogP contribution in [0.5, 0.6) is 0 Å². The predicted molar refractivity (Wildman–Crippen MR) is 33.4 cm³/mol. The highest BCUT2D eigenvalue weighted by Crippen LogP contribution is 1.89. The lowest BCUT2D eigenvalue weighted by molar-refractivity contribution is 0.289. The molecule has 0 atom stereocenters. The van der Waals surface area contributed by atoms with E-state index in [-0.39, 0.29) is 0 Å². The molecule has 44 valence electrons. The van der Waals surface area contributed by atoms with Gasteiger partial charge in [0, 0.05) is 6.04 Å². The lowest BCUT2D eigenvalue weighted by Gasteiger charge is -2.17. The first kappa shape index (κ1) is 6.96. The van der Waals surface area contributed by atoms with Crippen molar-refractivity contribution in [2.24, 2.45) is 0 Å². The zero-order chi connectivity index (χ0) is 5.86. The third-order valence-electron chi connectivity index (χ3n) is 1.38. The summed E-state index contributed by atoms with van der Waals surface area (Å²) in [6.45, 7) is 7.71. The number of rotatable bonds is 2. The maximum atomic E-state index is 2.29. The normalized spacial score (nSPS) is 11.1. The van der Waals surface area contributed by atoms with Crippen molar-refractivity contribution < 1.29 is 0 Å². The molecule has 0 heterocycles. The Morgan fingerprint density at radius 3 is 1.86 bits per heavy atom. The Bertz CT molecular complexity index is 41.4. The summed E-state index contributed by atoms with van der Waals surface area (Å²) >= 11 is 0. The monoisotopic (exact) mass is 101 g/mol. The molecule has 7 heavy (non-hydrogen) atoms. The van der Waals surface area contributed by atoms with Crippen molar-refractivity contribution in [2.45, 2.75) is 26.8 Å². The fourth-order valence-corrected chi connectivity index (χ4v) is 0.365. The summed E-state index contributed by atoms with van der Waals surface area (Å²) in [6, 6.07) is 0.699. The summed E-state index contributed by atoms with van der Waals surface area (Å²) in [6.07, 6.45) is 0. The van der Waals surface area contributed by atoms with Crippen LogP contribution in [0.4, 0.5) is 0 Å². The van der Waals surface area contributed by atoms with Gasteiger partial charge in [-0.3, -0.25) is 0 Å². The van der Waals surface area contributed by atoms with E-state index >= 15 is 0 Å². The van der Waals surface area contributed by atoms with Crippen LogP contribution in [0.2, 0.25) is 0 Å². The van der Waals surface area contributed by atoms with E-state index in [0.717, 1.165) is 6.54 Å². The van der Waals surface area contributed by atoms with Gasteiger partial charge in [0.25, 0.3) is 0 Å². The molecular formula is C6H15N. The summed E-state index contributed by atoms with van der Waals surface area (Å²) in [5, 5.41) is 0. The summed E-state index contributed by atoms with van der Waals surface area (Å²) in [4.78, 5) is 2.29. The quantitative estimate of drug-likeness (QED) is 0.507. The first-order valence-electron chi connectivity index (χ1n) is 2.88. The molecule has 0 aliphatic rings. The van der Waals surface area contributed by atoms with Crippen LogP contribution in [-0.2, 0) is 0 Å². The number of hydrogen-bond donors (Lipinski definition) is 0. The minimum atomic E-state index is 0.699. The number of hydrogen-bond acceptors (Lipinski definition) is 1. The van der Waals surface area contributed by atoms with Crippen molar-refractivity contribution in [3.63, 3.8) is 0 Å². The van der Waals surface area contributed by atoms with Crippen LogP contribution in [0.25, 0.3) is 0 Å². The van der Waals surface area contributed by atoms with Gasteiger partial charge in [-0.1, -0.05) is 6.92 Å². The second-order valence-corrected chi connectivity index (χ2v) is 2.17. The molecule has 0 unspecified atom stereocenters. The second-order valence-electron chi connectivity index (χ2n) is 2.17. The Balaban J connectivity index is 3.14. The van der Waals surface area contributed by atoms with Crippen molar-refractivity contribution in [3.8, 4) is 0 Å². The molecule has 0 aliphatic carbocycles. The van der Waals surface area contributed by atoms with Crippen LogP contribution in [0.1, 0.15) is 20.8 Å². The zero-order valence-electron chi connectivity index (χ0n) is 5.73. The van der Waals surface area contributed by atoms with Crippen LogP contribution < -0.4 is 0 Å². The van der Waals surface area contributed by atoms with E-state index in [9.17, 15) is 0 Å². The van der Waals surface area contributed by atoms with E-state index in [1.165, 1.54) is 0 Å². The van der Waals surface area contributed by atoms with Gasteiger partial charge in [-0.05, 0) is 27.4 Å². The predicted octanol–water partition coefficient (Wildman–Crippen LogP) is 1.35. The van der Waals surface area contributed by atoms with Gasteiger partial charge < -0.3 is 4.90 Å². The third kappa shape index (κ3) is 2.63. The van der Waals surface area contributed by atoms with Crippen LogP contribution in [-0.4, -0.2) is 24.5 Å². The van der Waals surface area contributed by atoms with Gasteiger partial charge in [0.1, 0.15) is 0 Å². The summed E-state index contributed by atoms with van der Waals surface area (Å²) in [5.41, 5.74) is 0. The van der Waals surface area contributed by atoms with Crippen LogP contribution in [0, 0.1) is 0 Å². The SMILES string of the molecule is CCN(C)C(C)C. The van der Waals surface area contributed by atoms with E-state index in [4.69, 9.17) is 0 Å². The second kappa shape index (κ2) is 3.03. The standard InChI is InChI=1S/C6H15N/c1-5-7(4)6(2)3/h6H,5H2,1-4H3. The summed E-state index contributed by atoms with van der Waals surface area (Å²) in [7, 11) is 2.13. The Kier molecular flexibility index (Phi) is 3.01. The van der Waals surface area contributed by atoms with Crippen molar-refractivity contribution in [3.05, 3.63) is 0 Å². The molecule has 0 aromatic carbocycles. The molecule has 0 aliphatic heterocycles. The molecule has 0 fully saturated rings. The Morgan fingerprint density at radius 1 is 1.43 bits per heavy atom. The van der Waals surface area contributed by atoms with Gasteiger partial charge >= 0.3 is 0 Å². The molecule has 0 bridgehead atoms. The Labute approximate surface area is 46.3 Å². The maximum absolute atomic E-state index is 2.29. The Morgan fingerprint density at radius 2 is 1.86 bits per heavy atom. The largest absolute Gasteiger partial charge is 0.304 e. The van der Waals surface area contributed by atoms with E-state index in [0.29, 0.717) is 6.04 Å². The van der Waals surface area contributed by atoms with Crippen molar-refractivity contribution in [2.75, 3.05) is 13.6 Å². The average molecular weight is 101 g/mol. The smallest absolute Gasteiger partial charge is 0.00354 e.